The fourth-order valence-electron chi connectivity index (χ4n) is 1.55. The van der Waals surface area contributed by atoms with Crippen molar-refractivity contribution in [2.24, 2.45) is 0 Å². The van der Waals surface area contributed by atoms with Crippen LogP contribution in [0.25, 0.3) is 5.13 Å². The van der Waals surface area contributed by atoms with Gasteiger partial charge in [0.15, 0.2) is 9.47 Å². The second-order valence-corrected chi connectivity index (χ2v) is 7.19. The summed E-state index contributed by atoms with van der Waals surface area (Å²) in [5, 5.41) is 13.6. The first-order valence-electron chi connectivity index (χ1n) is 6.13. The van der Waals surface area contributed by atoms with Gasteiger partial charge >= 0.3 is 0 Å². The molecular formula is C12H11N5OS3. The zero-order valence-corrected chi connectivity index (χ0v) is 13.5. The Morgan fingerprint density at radius 1 is 1.38 bits per heavy atom. The van der Waals surface area contributed by atoms with Crippen LogP contribution < -0.4 is 5.32 Å². The number of thioether (sulfide) groups is 1. The van der Waals surface area contributed by atoms with Crippen LogP contribution in [-0.4, -0.2) is 31.4 Å². The topological polar surface area (TPSA) is 72.7 Å². The molecule has 0 aliphatic carbocycles. The van der Waals surface area contributed by atoms with Crippen LogP contribution in [0.15, 0.2) is 34.2 Å². The summed E-state index contributed by atoms with van der Waals surface area (Å²) in [5.41, 5.74) is 0.378. The van der Waals surface area contributed by atoms with Crippen LogP contribution in [0, 0.1) is 0 Å². The Hall–Kier alpha value is -1.71. The zero-order valence-electron chi connectivity index (χ0n) is 11.0. The van der Waals surface area contributed by atoms with Gasteiger partial charge in [-0.3, -0.25) is 10.1 Å². The summed E-state index contributed by atoms with van der Waals surface area (Å²) in [4.78, 5) is 16.4. The maximum atomic E-state index is 12.1. The maximum Gasteiger partial charge on any atom is 0.277 e. The fraction of sp³-hybridized carbons (Fsp3) is 0.167. The van der Waals surface area contributed by atoms with Gasteiger partial charge in [0.25, 0.3) is 5.91 Å². The van der Waals surface area contributed by atoms with Gasteiger partial charge in [0, 0.05) is 17.8 Å². The number of hydrogen-bond acceptors (Lipinski definition) is 7. The summed E-state index contributed by atoms with van der Waals surface area (Å²) in [7, 11) is 0. The Morgan fingerprint density at radius 3 is 2.95 bits per heavy atom. The summed E-state index contributed by atoms with van der Waals surface area (Å²) >= 11 is 4.38. The van der Waals surface area contributed by atoms with Gasteiger partial charge in [0.1, 0.15) is 5.69 Å². The third-order valence-corrected chi connectivity index (χ3v) is 5.15. The van der Waals surface area contributed by atoms with E-state index in [2.05, 4.69) is 20.5 Å². The van der Waals surface area contributed by atoms with Gasteiger partial charge in [-0.1, -0.05) is 30.0 Å². The number of thiazole rings is 1. The summed E-state index contributed by atoms with van der Waals surface area (Å²) in [6, 6.07) is 3.82. The smallest absolute Gasteiger partial charge is 0.277 e. The largest absolute Gasteiger partial charge is 0.300 e. The van der Waals surface area contributed by atoms with E-state index in [1.165, 1.54) is 22.7 Å². The third kappa shape index (κ3) is 3.31. The molecule has 0 fully saturated rings. The van der Waals surface area contributed by atoms with Gasteiger partial charge in [0.05, 0.1) is 0 Å². The first-order chi connectivity index (χ1) is 10.3. The number of amides is 1. The molecule has 0 unspecified atom stereocenters. The van der Waals surface area contributed by atoms with Crippen LogP contribution in [0.4, 0.5) is 5.13 Å². The average Bonchev–Trinajstić information content (AvgIpc) is 3.20. The molecule has 0 saturated carbocycles. The molecule has 9 heteroatoms. The van der Waals surface area contributed by atoms with Crippen LogP contribution in [-0.2, 0) is 0 Å². The van der Waals surface area contributed by atoms with Gasteiger partial charge in [-0.2, -0.15) is 0 Å². The van der Waals surface area contributed by atoms with E-state index < -0.39 is 0 Å². The number of nitrogens with one attached hydrogen (secondary N) is 1. The molecule has 108 valence electrons. The zero-order chi connectivity index (χ0) is 14.7. The summed E-state index contributed by atoms with van der Waals surface area (Å²) in [6.45, 7) is 2.04. The number of anilines is 1. The van der Waals surface area contributed by atoms with Crippen molar-refractivity contribution in [1.82, 2.24) is 19.7 Å². The Kier molecular flexibility index (Phi) is 4.32. The molecule has 0 aliphatic rings. The molecule has 0 aliphatic heterocycles. The Balaban J connectivity index is 1.70. The predicted molar refractivity (Wildman–Crippen MR) is 85.7 cm³/mol. The minimum atomic E-state index is -0.270. The highest BCUT2D eigenvalue weighted by molar-refractivity contribution is 8.01. The third-order valence-electron chi connectivity index (χ3n) is 2.44. The lowest BCUT2D eigenvalue weighted by Crippen LogP contribution is -2.12. The van der Waals surface area contributed by atoms with E-state index in [1.807, 2.05) is 36.0 Å². The second kappa shape index (κ2) is 6.37. The SMILES string of the molecule is CCSc1nnc(NC(=O)c2csc(-n3cccc3)n2)s1. The van der Waals surface area contributed by atoms with Gasteiger partial charge < -0.3 is 4.57 Å². The maximum absolute atomic E-state index is 12.1. The molecule has 0 spiro atoms. The van der Waals surface area contributed by atoms with Crippen molar-refractivity contribution in [3.63, 3.8) is 0 Å². The molecule has 0 atom stereocenters. The van der Waals surface area contributed by atoms with Crippen LogP contribution >= 0.6 is 34.4 Å². The number of carbonyl (C=O) groups is 1. The molecule has 0 saturated heterocycles. The molecule has 1 N–H and O–H groups in total. The van der Waals surface area contributed by atoms with Crippen LogP contribution in [0.1, 0.15) is 17.4 Å². The van der Waals surface area contributed by atoms with E-state index in [1.54, 1.807) is 17.1 Å². The van der Waals surface area contributed by atoms with E-state index in [4.69, 9.17) is 0 Å². The number of nitrogens with zero attached hydrogens (tertiary/aromatic N) is 4. The van der Waals surface area contributed by atoms with E-state index in [-0.39, 0.29) is 5.91 Å². The Bertz CT molecular complexity index is 734. The monoisotopic (exact) mass is 337 g/mol. The van der Waals surface area contributed by atoms with Crippen LogP contribution in [0.3, 0.4) is 0 Å². The van der Waals surface area contributed by atoms with Crippen molar-refractivity contribution in [3.05, 3.63) is 35.6 Å². The first-order valence-corrected chi connectivity index (χ1v) is 8.81. The lowest BCUT2D eigenvalue weighted by Gasteiger charge is -1.97. The molecule has 21 heavy (non-hydrogen) atoms. The van der Waals surface area contributed by atoms with Crippen molar-refractivity contribution in [2.75, 3.05) is 11.1 Å². The highest BCUT2D eigenvalue weighted by Crippen LogP contribution is 2.25. The van der Waals surface area contributed by atoms with Gasteiger partial charge in [-0.25, -0.2) is 4.98 Å². The number of hydrogen-bond donors (Lipinski definition) is 1. The lowest BCUT2D eigenvalue weighted by atomic mass is 10.5. The molecule has 0 bridgehead atoms. The van der Waals surface area contributed by atoms with Crippen molar-refractivity contribution >= 4 is 45.5 Å². The fourth-order valence-corrected chi connectivity index (χ4v) is 3.97. The van der Waals surface area contributed by atoms with E-state index in [0.29, 0.717) is 10.8 Å². The van der Waals surface area contributed by atoms with Crippen molar-refractivity contribution in [1.29, 1.82) is 0 Å². The molecule has 6 nitrogen and oxygen atoms in total. The van der Waals surface area contributed by atoms with Crippen LogP contribution in [0.2, 0.25) is 0 Å². The number of rotatable bonds is 5. The van der Waals surface area contributed by atoms with E-state index in [9.17, 15) is 4.79 Å². The molecule has 3 heterocycles. The van der Waals surface area contributed by atoms with Crippen molar-refractivity contribution in [3.8, 4) is 5.13 Å². The van der Waals surface area contributed by atoms with Gasteiger partial charge in [0.2, 0.25) is 5.13 Å². The van der Waals surface area contributed by atoms with E-state index in [0.717, 1.165) is 15.2 Å². The van der Waals surface area contributed by atoms with Crippen molar-refractivity contribution in [2.45, 2.75) is 11.3 Å². The molecule has 1 amide bonds. The Morgan fingerprint density at radius 2 is 2.19 bits per heavy atom. The van der Waals surface area contributed by atoms with Gasteiger partial charge in [-0.15, -0.1) is 21.5 Å². The second-order valence-electron chi connectivity index (χ2n) is 3.87. The summed E-state index contributed by atoms with van der Waals surface area (Å²) in [6.07, 6.45) is 3.78. The van der Waals surface area contributed by atoms with Crippen molar-refractivity contribution < 1.29 is 4.79 Å². The van der Waals surface area contributed by atoms with Crippen LogP contribution in [0.5, 0.6) is 0 Å². The molecular weight excluding hydrogens is 326 g/mol. The summed E-state index contributed by atoms with van der Waals surface area (Å²) < 4.78 is 2.71. The standard InChI is InChI=1S/C12H11N5OS3/c1-2-19-12-16-15-10(21-12)14-9(18)8-7-20-11(13-8)17-5-3-4-6-17/h3-7H,2H2,1H3,(H,14,15,18). The highest BCUT2D eigenvalue weighted by atomic mass is 32.2. The normalized spacial score (nSPS) is 10.7. The van der Waals surface area contributed by atoms with Gasteiger partial charge in [-0.05, 0) is 17.9 Å². The lowest BCUT2D eigenvalue weighted by molar-refractivity contribution is 0.102. The number of carbonyl (C=O) groups excluding carboxylic acids is 1. The van der Waals surface area contributed by atoms with E-state index >= 15 is 0 Å². The number of aromatic nitrogens is 4. The molecule has 3 aromatic heterocycles. The Labute approximate surface area is 133 Å². The quantitative estimate of drug-likeness (QED) is 0.572. The molecule has 3 rings (SSSR count). The average molecular weight is 337 g/mol. The predicted octanol–water partition coefficient (Wildman–Crippen LogP) is 3.15. The molecule has 0 aromatic carbocycles. The minimum Gasteiger partial charge on any atom is -0.300 e. The molecule has 0 radical (unpaired) electrons. The first kappa shape index (κ1) is 14.2. The summed E-state index contributed by atoms with van der Waals surface area (Å²) in [5.74, 6) is 0.656. The highest BCUT2D eigenvalue weighted by Gasteiger charge is 2.14. The molecule has 3 aromatic rings. The minimum absolute atomic E-state index is 0.270.